The summed E-state index contributed by atoms with van der Waals surface area (Å²) in [4.78, 5) is 0. The standard InChI is InChI=1S/C15H31NO2/c1-13-6-7-15(14(2)12-13)16-8-4-5-9-18-11-10-17-3/h13-16H,4-12H2,1-3H3. The first-order chi connectivity index (χ1) is 8.74. The van der Waals surface area contributed by atoms with Crippen molar-refractivity contribution in [3.05, 3.63) is 0 Å². The molecule has 18 heavy (non-hydrogen) atoms. The van der Waals surface area contributed by atoms with E-state index in [-0.39, 0.29) is 0 Å². The van der Waals surface area contributed by atoms with Crippen LogP contribution in [0.2, 0.25) is 0 Å². The molecule has 1 N–H and O–H groups in total. The van der Waals surface area contributed by atoms with Crippen LogP contribution in [0.5, 0.6) is 0 Å². The average Bonchev–Trinajstić information content (AvgIpc) is 2.35. The molecule has 3 atom stereocenters. The van der Waals surface area contributed by atoms with Gasteiger partial charge in [0.1, 0.15) is 0 Å². The summed E-state index contributed by atoms with van der Waals surface area (Å²) in [5.74, 6) is 1.76. The SMILES string of the molecule is COCCOCCCCNC1CCC(C)CC1C. The smallest absolute Gasteiger partial charge is 0.0700 e. The quantitative estimate of drug-likeness (QED) is 0.644. The third-order valence-corrected chi connectivity index (χ3v) is 3.99. The minimum Gasteiger partial charge on any atom is -0.382 e. The molecule has 0 saturated heterocycles. The van der Waals surface area contributed by atoms with E-state index in [9.17, 15) is 0 Å². The van der Waals surface area contributed by atoms with Gasteiger partial charge in [-0.25, -0.2) is 0 Å². The summed E-state index contributed by atoms with van der Waals surface area (Å²) in [5, 5.41) is 3.71. The Morgan fingerprint density at radius 1 is 1.06 bits per heavy atom. The summed E-state index contributed by atoms with van der Waals surface area (Å²) in [6.07, 6.45) is 6.49. The molecule has 1 rings (SSSR count). The Morgan fingerprint density at radius 3 is 2.61 bits per heavy atom. The van der Waals surface area contributed by atoms with Gasteiger partial charge in [0.25, 0.3) is 0 Å². The number of unbranched alkanes of at least 4 members (excludes halogenated alkanes) is 1. The molecule has 0 bridgehead atoms. The van der Waals surface area contributed by atoms with Gasteiger partial charge in [0.2, 0.25) is 0 Å². The lowest BCUT2D eigenvalue weighted by atomic mass is 9.80. The van der Waals surface area contributed by atoms with Crippen molar-refractivity contribution >= 4 is 0 Å². The van der Waals surface area contributed by atoms with Crippen LogP contribution in [-0.4, -0.2) is 39.5 Å². The van der Waals surface area contributed by atoms with Crippen molar-refractivity contribution < 1.29 is 9.47 Å². The molecule has 3 nitrogen and oxygen atoms in total. The Labute approximate surface area is 113 Å². The van der Waals surface area contributed by atoms with Crippen molar-refractivity contribution in [1.82, 2.24) is 5.32 Å². The zero-order valence-electron chi connectivity index (χ0n) is 12.4. The lowest BCUT2D eigenvalue weighted by Crippen LogP contribution is -2.39. The van der Waals surface area contributed by atoms with Crippen LogP contribution in [0.3, 0.4) is 0 Å². The van der Waals surface area contributed by atoms with E-state index in [1.807, 2.05) is 0 Å². The Bertz CT molecular complexity index is 199. The van der Waals surface area contributed by atoms with E-state index >= 15 is 0 Å². The highest BCUT2D eigenvalue weighted by atomic mass is 16.5. The van der Waals surface area contributed by atoms with Gasteiger partial charge in [-0.15, -0.1) is 0 Å². The van der Waals surface area contributed by atoms with Crippen molar-refractivity contribution in [3.8, 4) is 0 Å². The molecule has 0 aromatic rings. The van der Waals surface area contributed by atoms with Crippen LogP contribution in [0.15, 0.2) is 0 Å². The number of nitrogens with one attached hydrogen (secondary N) is 1. The van der Waals surface area contributed by atoms with Crippen LogP contribution in [0.25, 0.3) is 0 Å². The van der Waals surface area contributed by atoms with Gasteiger partial charge in [0.05, 0.1) is 13.2 Å². The Morgan fingerprint density at radius 2 is 1.89 bits per heavy atom. The molecule has 0 radical (unpaired) electrons. The Kier molecular flexibility index (Phi) is 8.64. The van der Waals surface area contributed by atoms with Gasteiger partial charge in [-0.05, 0) is 50.5 Å². The summed E-state index contributed by atoms with van der Waals surface area (Å²) in [6.45, 7) is 8.20. The maximum absolute atomic E-state index is 5.45. The zero-order valence-corrected chi connectivity index (χ0v) is 12.4. The van der Waals surface area contributed by atoms with E-state index in [0.717, 1.165) is 44.1 Å². The fourth-order valence-electron chi connectivity index (χ4n) is 2.83. The molecule has 108 valence electrons. The maximum atomic E-state index is 5.45. The molecule has 1 saturated carbocycles. The first-order valence-electron chi connectivity index (χ1n) is 7.54. The molecule has 0 heterocycles. The summed E-state index contributed by atoms with van der Waals surface area (Å²) >= 11 is 0. The molecule has 3 heteroatoms. The summed E-state index contributed by atoms with van der Waals surface area (Å²) < 4.78 is 10.4. The van der Waals surface area contributed by atoms with Crippen molar-refractivity contribution in [1.29, 1.82) is 0 Å². The molecule has 0 amide bonds. The average molecular weight is 257 g/mol. The van der Waals surface area contributed by atoms with Crippen LogP contribution in [0.1, 0.15) is 46.0 Å². The highest BCUT2D eigenvalue weighted by molar-refractivity contribution is 4.80. The van der Waals surface area contributed by atoms with Crippen LogP contribution in [0, 0.1) is 11.8 Å². The first kappa shape index (κ1) is 15.9. The van der Waals surface area contributed by atoms with Crippen molar-refractivity contribution in [2.45, 2.75) is 52.0 Å². The fourth-order valence-corrected chi connectivity index (χ4v) is 2.83. The van der Waals surface area contributed by atoms with Crippen molar-refractivity contribution in [2.24, 2.45) is 11.8 Å². The monoisotopic (exact) mass is 257 g/mol. The molecule has 1 aliphatic carbocycles. The van der Waals surface area contributed by atoms with Gasteiger partial charge in [0, 0.05) is 19.8 Å². The second-order valence-electron chi connectivity index (χ2n) is 5.77. The van der Waals surface area contributed by atoms with Crippen molar-refractivity contribution in [3.63, 3.8) is 0 Å². The van der Waals surface area contributed by atoms with E-state index in [1.165, 1.54) is 25.7 Å². The van der Waals surface area contributed by atoms with Gasteiger partial charge in [-0.1, -0.05) is 13.8 Å². The Hall–Kier alpha value is -0.120. The summed E-state index contributed by atoms with van der Waals surface area (Å²) in [6, 6.07) is 0.746. The van der Waals surface area contributed by atoms with Gasteiger partial charge in [-0.3, -0.25) is 0 Å². The second kappa shape index (κ2) is 9.76. The van der Waals surface area contributed by atoms with Crippen LogP contribution >= 0.6 is 0 Å². The van der Waals surface area contributed by atoms with E-state index in [2.05, 4.69) is 19.2 Å². The predicted molar refractivity (Wildman–Crippen MR) is 75.9 cm³/mol. The van der Waals surface area contributed by atoms with E-state index < -0.39 is 0 Å². The number of rotatable bonds is 9. The van der Waals surface area contributed by atoms with E-state index in [0.29, 0.717) is 6.61 Å². The molecule has 0 aromatic carbocycles. The predicted octanol–water partition coefficient (Wildman–Crippen LogP) is 2.84. The zero-order chi connectivity index (χ0) is 13.2. The number of methoxy groups -OCH3 is 1. The second-order valence-corrected chi connectivity index (χ2v) is 5.77. The molecule has 0 spiro atoms. The molecule has 3 unspecified atom stereocenters. The van der Waals surface area contributed by atoms with E-state index in [4.69, 9.17) is 9.47 Å². The highest BCUT2D eigenvalue weighted by Crippen LogP contribution is 2.28. The minimum absolute atomic E-state index is 0.704. The lowest BCUT2D eigenvalue weighted by Gasteiger charge is -2.33. The van der Waals surface area contributed by atoms with Gasteiger partial charge < -0.3 is 14.8 Å². The van der Waals surface area contributed by atoms with Crippen LogP contribution in [-0.2, 0) is 9.47 Å². The number of ether oxygens (including phenoxy) is 2. The fraction of sp³-hybridized carbons (Fsp3) is 1.00. The maximum Gasteiger partial charge on any atom is 0.0700 e. The van der Waals surface area contributed by atoms with Crippen molar-refractivity contribution in [2.75, 3.05) is 33.5 Å². The topological polar surface area (TPSA) is 30.5 Å². The van der Waals surface area contributed by atoms with Crippen LogP contribution in [0.4, 0.5) is 0 Å². The van der Waals surface area contributed by atoms with Crippen LogP contribution < -0.4 is 5.32 Å². The lowest BCUT2D eigenvalue weighted by molar-refractivity contribution is 0.0686. The van der Waals surface area contributed by atoms with Gasteiger partial charge in [-0.2, -0.15) is 0 Å². The summed E-state index contributed by atoms with van der Waals surface area (Å²) in [7, 11) is 1.71. The normalized spacial score (nSPS) is 28.5. The van der Waals surface area contributed by atoms with Gasteiger partial charge in [0.15, 0.2) is 0 Å². The molecule has 0 aliphatic heterocycles. The summed E-state index contributed by atoms with van der Waals surface area (Å²) in [5.41, 5.74) is 0. The first-order valence-corrected chi connectivity index (χ1v) is 7.54. The number of hydrogen-bond acceptors (Lipinski definition) is 3. The van der Waals surface area contributed by atoms with Gasteiger partial charge >= 0.3 is 0 Å². The number of hydrogen-bond donors (Lipinski definition) is 1. The third-order valence-electron chi connectivity index (χ3n) is 3.99. The molecule has 1 fully saturated rings. The third kappa shape index (κ3) is 6.72. The Balaban J connectivity index is 1.91. The highest BCUT2D eigenvalue weighted by Gasteiger charge is 2.24. The minimum atomic E-state index is 0.704. The molecular formula is C15H31NO2. The molecular weight excluding hydrogens is 226 g/mol. The molecule has 0 aromatic heterocycles. The largest absolute Gasteiger partial charge is 0.382 e. The molecule has 1 aliphatic rings. The van der Waals surface area contributed by atoms with E-state index in [1.54, 1.807) is 7.11 Å².